The van der Waals surface area contributed by atoms with Crippen molar-refractivity contribution in [1.82, 2.24) is 0 Å². The van der Waals surface area contributed by atoms with E-state index in [1.807, 2.05) is 6.92 Å². The fourth-order valence-electron chi connectivity index (χ4n) is 1.72. The molecule has 0 saturated heterocycles. The Balaban J connectivity index is 3.00. The third-order valence-corrected chi connectivity index (χ3v) is 2.69. The summed E-state index contributed by atoms with van der Waals surface area (Å²) < 4.78 is 27.7. The third-order valence-electron chi connectivity index (χ3n) is 2.69. The number of unbranched alkanes of at least 4 members (excludes halogenated alkanes) is 1. The molecule has 1 rings (SSSR count). The van der Waals surface area contributed by atoms with E-state index in [1.165, 1.54) is 4.90 Å². The van der Waals surface area contributed by atoms with Gasteiger partial charge in [-0.15, -0.1) is 0 Å². The lowest BCUT2D eigenvalue weighted by Crippen LogP contribution is -2.21. The van der Waals surface area contributed by atoms with Crippen LogP contribution in [-0.4, -0.2) is 24.7 Å². The molecule has 0 aromatic heterocycles. The quantitative estimate of drug-likeness (QED) is 0.805. The van der Waals surface area contributed by atoms with Crippen LogP contribution in [0.2, 0.25) is 0 Å². The van der Waals surface area contributed by atoms with Gasteiger partial charge in [0.25, 0.3) is 0 Å². The van der Waals surface area contributed by atoms with Gasteiger partial charge in [-0.2, -0.15) is 0 Å². The molecule has 0 radical (unpaired) electrons. The molecule has 3 nitrogen and oxygen atoms in total. The van der Waals surface area contributed by atoms with Crippen LogP contribution in [0, 0.1) is 11.6 Å². The van der Waals surface area contributed by atoms with E-state index in [9.17, 15) is 13.6 Å². The molecule has 0 aliphatic carbocycles. The van der Waals surface area contributed by atoms with Crippen LogP contribution in [0.1, 0.15) is 25.3 Å². The molecule has 104 valence electrons. The number of halogens is 2. The Bertz CT molecular complexity index is 463. The average Bonchev–Trinajstić information content (AvgIpc) is 2.33. The van der Waals surface area contributed by atoms with Crippen LogP contribution in [0.15, 0.2) is 18.2 Å². The van der Waals surface area contributed by atoms with Crippen molar-refractivity contribution in [2.24, 2.45) is 0 Å². The van der Waals surface area contributed by atoms with E-state index in [0.29, 0.717) is 6.54 Å². The zero-order valence-corrected chi connectivity index (χ0v) is 11.0. The average molecular weight is 269 g/mol. The lowest BCUT2D eigenvalue weighted by atomic mass is 10.1. The summed E-state index contributed by atoms with van der Waals surface area (Å²) in [5.74, 6) is -2.54. The predicted molar refractivity (Wildman–Crippen MR) is 71.2 cm³/mol. The minimum absolute atomic E-state index is 0.0825. The van der Waals surface area contributed by atoms with Crippen LogP contribution in [0.3, 0.4) is 0 Å². The van der Waals surface area contributed by atoms with Crippen molar-refractivity contribution in [1.29, 1.82) is 0 Å². The predicted octanol–water partition coefficient (Wildman–Crippen LogP) is 3.30. The van der Waals surface area contributed by atoms with Gasteiger partial charge >= 0.3 is 5.97 Å². The lowest BCUT2D eigenvalue weighted by molar-refractivity contribution is -0.131. The molecule has 1 aromatic carbocycles. The van der Waals surface area contributed by atoms with E-state index < -0.39 is 17.6 Å². The number of hydrogen-bond donors (Lipinski definition) is 1. The Morgan fingerprint density at radius 3 is 2.42 bits per heavy atom. The molecule has 5 heteroatoms. The second-order valence-electron chi connectivity index (χ2n) is 4.28. The summed E-state index contributed by atoms with van der Waals surface area (Å²) in [6.07, 6.45) is 3.78. The summed E-state index contributed by atoms with van der Waals surface area (Å²) >= 11 is 0. The van der Waals surface area contributed by atoms with Crippen molar-refractivity contribution in [3.8, 4) is 0 Å². The van der Waals surface area contributed by atoms with E-state index in [1.54, 1.807) is 7.05 Å². The molecule has 0 atom stereocenters. The Labute approximate surface area is 111 Å². The maximum Gasteiger partial charge on any atom is 0.328 e. The monoisotopic (exact) mass is 269 g/mol. The molecule has 0 spiro atoms. The Morgan fingerprint density at radius 2 is 1.95 bits per heavy atom. The maximum absolute atomic E-state index is 13.9. The molecule has 19 heavy (non-hydrogen) atoms. The summed E-state index contributed by atoms with van der Waals surface area (Å²) in [6.45, 7) is 2.56. The van der Waals surface area contributed by atoms with Crippen LogP contribution >= 0.6 is 0 Å². The van der Waals surface area contributed by atoms with Crippen LogP contribution in [-0.2, 0) is 4.79 Å². The molecule has 0 heterocycles. The number of carboxylic acids is 1. The van der Waals surface area contributed by atoms with Gasteiger partial charge in [-0.25, -0.2) is 13.6 Å². The van der Waals surface area contributed by atoms with Gasteiger partial charge < -0.3 is 10.0 Å². The molecule has 0 fully saturated rings. The number of aliphatic carboxylic acids is 1. The van der Waals surface area contributed by atoms with Crippen molar-refractivity contribution in [3.05, 3.63) is 35.4 Å². The zero-order valence-electron chi connectivity index (χ0n) is 11.0. The number of carbonyl (C=O) groups is 1. The molecule has 0 amide bonds. The van der Waals surface area contributed by atoms with Crippen LogP contribution < -0.4 is 4.90 Å². The topological polar surface area (TPSA) is 40.5 Å². The Kier molecular flexibility index (Phi) is 5.48. The maximum atomic E-state index is 13.9. The Morgan fingerprint density at radius 1 is 1.37 bits per heavy atom. The summed E-state index contributed by atoms with van der Waals surface area (Å²) in [5, 5.41) is 8.47. The van der Waals surface area contributed by atoms with Crippen molar-refractivity contribution in [3.63, 3.8) is 0 Å². The van der Waals surface area contributed by atoms with Crippen molar-refractivity contribution < 1.29 is 18.7 Å². The highest BCUT2D eigenvalue weighted by Crippen LogP contribution is 2.25. The van der Waals surface area contributed by atoms with E-state index in [-0.39, 0.29) is 11.3 Å². The first-order valence-corrected chi connectivity index (χ1v) is 6.07. The third kappa shape index (κ3) is 4.35. The molecule has 0 unspecified atom stereocenters. The molecule has 1 N–H and O–H groups in total. The number of rotatable bonds is 6. The number of anilines is 1. The number of hydrogen-bond acceptors (Lipinski definition) is 2. The first kappa shape index (κ1) is 15.1. The normalized spacial score (nSPS) is 10.9. The highest BCUT2D eigenvalue weighted by Gasteiger charge is 2.14. The SMILES string of the molecule is CCCCN(C)c1c(F)cc(C=CC(=O)O)cc1F. The van der Waals surface area contributed by atoms with Gasteiger partial charge in [0, 0.05) is 19.7 Å². The van der Waals surface area contributed by atoms with Crippen molar-refractivity contribution in [2.45, 2.75) is 19.8 Å². The van der Waals surface area contributed by atoms with Crippen molar-refractivity contribution in [2.75, 3.05) is 18.5 Å². The lowest BCUT2D eigenvalue weighted by Gasteiger charge is -2.20. The van der Waals surface area contributed by atoms with Crippen LogP contribution in [0.4, 0.5) is 14.5 Å². The van der Waals surface area contributed by atoms with E-state index in [0.717, 1.165) is 37.1 Å². The highest BCUT2D eigenvalue weighted by atomic mass is 19.1. The summed E-state index contributed by atoms with van der Waals surface area (Å²) in [5.41, 5.74) is 0.103. The molecule has 1 aromatic rings. The molecule has 0 saturated carbocycles. The molecular weight excluding hydrogens is 252 g/mol. The van der Waals surface area contributed by atoms with Gasteiger partial charge in [0.15, 0.2) is 0 Å². The van der Waals surface area contributed by atoms with Gasteiger partial charge in [0.05, 0.1) is 0 Å². The number of carboxylic acid groups (broad SMARTS) is 1. The minimum atomic E-state index is -1.16. The number of benzene rings is 1. The van der Waals surface area contributed by atoms with E-state index in [4.69, 9.17) is 5.11 Å². The van der Waals surface area contributed by atoms with E-state index >= 15 is 0 Å². The second kappa shape index (κ2) is 6.87. The second-order valence-corrected chi connectivity index (χ2v) is 4.28. The first-order chi connectivity index (χ1) is 8.95. The largest absolute Gasteiger partial charge is 0.478 e. The number of nitrogens with zero attached hydrogens (tertiary/aromatic N) is 1. The summed E-state index contributed by atoms with van der Waals surface area (Å²) in [6, 6.07) is 2.25. The fraction of sp³-hybridized carbons (Fsp3) is 0.357. The Hall–Kier alpha value is -1.91. The van der Waals surface area contributed by atoms with Crippen LogP contribution in [0.25, 0.3) is 6.08 Å². The highest BCUT2D eigenvalue weighted by molar-refractivity contribution is 5.85. The first-order valence-electron chi connectivity index (χ1n) is 6.07. The standard InChI is InChI=1S/C14H17F2NO2/c1-3-4-7-17(2)14-11(15)8-10(9-12(14)16)5-6-13(18)19/h5-6,8-9H,3-4,7H2,1-2H3,(H,18,19). The van der Waals surface area contributed by atoms with Crippen LogP contribution in [0.5, 0.6) is 0 Å². The van der Waals surface area contributed by atoms with Crippen molar-refractivity contribution >= 4 is 17.7 Å². The van der Waals surface area contributed by atoms with Gasteiger partial charge in [-0.3, -0.25) is 0 Å². The minimum Gasteiger partial charge on any atom is -0.478 e. The van der Waals surface area contributed by atoms with Gasteiger partial charge in [-0.1, -0.05) is 13.3 Å². The smallest absolute Gasteiger partial charge is 0.328 e. The summed E-state index contributed by atoms with van der Waals surface area (Å²) in [7, 11) is 1.63. The molecule has 0 bridgehead atoms. The van der Waals surface area contributed by atoms with E-state index in [2.05, 4.69) is 0 Å². The zero-order chi connectivity index (χ0) is 14.4. The van der Waals surface area contributed by atoms with Gasteiger partial charge in [-0.05, 0) is 30.2 Å². The molecule has 0 aliphatic rings. The summed E-state index contributed by atoms with van der Waals surface area (Å²) in [4.78, 5) is 11.9. The molecule has 0 aliphatic heterocycles. The van der Waals surface area contributed by atoms with Gasteiger partial charge in [0.2, 0.25) is 0 Å². The molecular formula is C14H17F2NO2. The fourth-order valence-corrected chi connectivity index (χ4v) is 1.72. The van der Waals surface area contributed by atoms with Gasteiger partial charge in [0.1, 0.15) is 17.3 Å².